The van der Waals surface area contributed by atoms with Gasteiger partial charge in [-0.05, 0) is 30.4 Å². The van der Waals surface area contributed by atoms with E-state index in [1.54, 1.807) is 12.3 Å². The summed E-state index contributed by atoms with van der Waals surface area (Å²) in [5.41, 5.74) is 1.92. The second-order valence-corrected chi connectivity index (χ2v) is 5.72. The maximum atomic E-state index is 11.7. The van der Waals surface area contributed by atoms with E-state index in [-0.39, 0.29) is 11.2 Å². The summed E-state index contributed by atoms with van der Waals surface area (Å²) >= 11 is 6.16. The zero-order chi connectivity index (χ0) is 12.6. The highest BCUT2D eigenvalue weighted by molar-refractivity contribution is 6.32. The molecule has 1 heterocycles. The van der Waals surface area contributed by atoms with Crippen LogP contribution >= 0.6 is 11.6 Å². The van der Waals surface area contributed by atoms with Gasteiger partial charge in [0.1, 0.15) is 0 Å². The Labute approximate surface area is 106 Å². The predicted molar refractivity (Wildman–Crippen MR) is 68.9 cm³/mol. The molecule has 0 saturated heterocycles. The lowest BCUT2D eigenvalue weighted by molar-refractivity contribution is -0.116. The highest BCUT2D eigenvalue weighted by atomic mass is 35.5. The molecule has 0 aromatic carbocycles. The molecule has 17 heavy (non-hydrogen) atoms. The normalized spacial score (nSPS) is 19.3. The van der Waals surface area contributed by atoms with Gasteiger partial charge in [-0.1, -0.05) is 25.4 Å². The quantitative estimate of drug-likeness (QED) is 0.809. The molecule has 2 rings (SSSR count). The van der Waals surface area contributed by atoms with Crippen molar-refractivity contribution >= 4 is 23.0 Å². The Kier molecular flexibility index (Phi) is 3.13. The van der Waals surface area contributed by atoms with E-state index in [0.717, 1.165) is 24.2 Å². The summed E-state index contributed by atoms with van der Waals surface area (Å²) in [7, 11) is 0. The SMILES string of the molecule is CCn1ncc(Cl)c1C1=CC(=O)CC(C)(C)C1. The van der Waals surface area contributed by atoms with E-state index < -0.39 is 0 Å². The molecule has 1 aliphatic rings. The van der Waals surface area contributed by atoms with Crippen molar-refractivity contribution in [1.82, 2.24) is 9.78 Å². The molecule has 0 bridgehead atoms. The Morgan fingerprint density at radius 3 is 2.76 bits per heavy atom. The summed E-state index contributed by atoms with van der Waals surface area (Å²) in [6.07, 6.45) is 4.84. The minimum Gasteiger partial charge on any atom is -0.295 e. The highest BCUT2D eigenvalue weighted by Crippen LogP contribution is 2.39. The minimum atomic E-state index is 0.00728. The van der Waals surface area contributed by atoms with Gasteiger partial charge < -0.3 is 0 Å². The van der Waals surface area contributed by atoms with Crippen molar-refractivity contribution in [3.8, 4) is 0 Å². The summed E-state index contributed by atoms with van der Waals surface area (Å²) in [5, 5.41) is 4.84. The van der Waals surface area contributed by atoms with Gasteiger partial charge in [0.25, 0.3) is 0 Å². The Balaban J connectivity index is 2.46. The number of aryl methyl sites for hydroxylation is 1. The molecule has 0 aliphatic heterocycles. The molecule has 0 fully saturated rings. The molecule has 1 aromatic heterocycles. The number of ketones is 1. The number of carbonyl (C=O) groups is 1. The second kappa shape index (κ2) is 4.30. The predicted octanol–water partition coefficient (Wildman–Crippen LogP) is 3.33. The molecule has 0 atom stereocenters. The van der Waals surface area contributed by atoms with E-state index in [1.165, 1.54) is 0 Å². The fourth-order valence-corrected chi connectivity index (χ4v) is 2.68. The highest BCUT2D eigenvalue weighted by Gasteiger charge is 2.30. The van der Waals surface area contributed by atoms with E-state index in [2.05, 4.69) is 18.9 Å². The molecule has 0 saturated carbocycles. The van der Waals surface area contributed by atoms with Crippen LogP contribution in [0.1, 0.15) is 39.3 Å². The summed E-state index contributed by atoms with van der Waals surface area (Å²) in [5.74, 6) is 0.177. The first-order valence-electron chi connectivity index (χ1n) is 5.88. The zero-order valence-electron chi connectivity index (χ0n) is 10.5. The fraction of sp³-hybridized carbons (Fsp3) is 0.538. The maximum Gasteiger partial charge on any atom is 0.156 e. The van der Waals surface area contributed by atoms with Crippen molar-refractivity contribution in [3.05, 3.63) is 23.0 Å². The minimum absolute atomic E-state index is 0.00728. The van der Waals surface area contributed by atoms with Crippen molar-refractivity contribution in [2.45, 2.75) is 40.2 Å². The molecule has 1 aliphatic carbocycles. The van der Waals surface area contributed by atoms with Gasteiger partial charge in [-0.15, -0.1) is 0 Å². The molecule has 0 spiro atoms. The third-order valence-corrected chi connectivity index (χ3v) is 3.33. The Hall–Kier alpha value is -1.09. The average Bonchev–Trinajstić information content (AvgIpc) is 2.56. The summed E-state index contributed by atoms with van der Waals surface area (Å²) in [4.78, 5) is 11.7. The molecule has 3 nitrogen and oxygen atoms in total. The standard InChI is InChI=1S/C13H17ClN2O/c1-4-16-12(11(14)8-15-16)9-5-10(17)7-13(2,3)6-9/h5,8H,4,6-7H2,1-3H3. The summed E-state index contributed by atoms with van der Waals surface area (Å²) < 4.78 is 1.85. The monoisotopic (exact) mass is 252 g/mol. The second-order valence-electron chi connectivity index (χ2n) is 5.31. The van der Waals surface area contributed by atoms with Gasteiger partial charge in [0, 0.05) is 13.0 Å². The van der Waals surface area contributed by atoms with Gasteiger partial charge in [0.05, 0.1) is 16.9 Å². The Bertz CT molecular complexity index is 486. The van der Waals surface area contributed by atoms with Crippen molar-refractivity contribution in [3.63, 3.8) is 0 Å². The van der Waals surface area contributed by atoms with Crippen LogP contribution in [0, 0.1) is 5.41 Å². The summed E-state index contributed by atoms with van der Waals surface area (Å²) in [6, 6.07) is 0. The van der Waals surface area contributed by atoms with Crippen LogP contribution in [0.15, 0.2) is 12.3 Å². The molecule has 1 aromatic rings. The van der Waals surface area contributed by atoms with Crippen LogP contribution in [0.3, 0.4) is 0 Å². The largest absolute Gasteiger partial charge is 0.295 e. The van der Waals surface area contributed by atoms with E-state index >= 15 is 0 Å². The molecule has 4 heteroatoms. The first-order valence-corrected chi connectivity index (χ1v) is 6.26. The smallest absolute Gasteiger partial charge is 0.156 e. The number of carbonyl (C=O) groups excluding carboxylic acids is 1. The van der Waals surface area contributed by atoms with Crippen LogP contribution in [0.5, 0.6) is 0 Å². The van der Waals surface area contributed by atoms with Crippen LogP contribution in [-0.4, -0.2) is 15.6 Å². The zero-order valence-corrected chi connectivity index (χ0v) is 11.2. The van der Waals surface area contributed by atoms with Crippen molar-refractivity contribution in [1.29, 1.82) is 0 Å². The first-order chi connectivity index (χ1) is 7.93. The molecule has 92 valence electrons. The van der Waals surface area contributed by atoms with Crippen LogP contribution in [-0.2, 0) is 11.3 Å². The van der Waals surface area contributed by atoms with Crippen LogP contribution in [0.2, 0.25) is 5.02 Å². The van der Waals surface area contributed by atoms with Crippen molar-refractivity contribution in [2.24, 2.45) is 5.41 Å². The molecular formula is C13H17ClN2O. The number of halogens is 1. The third kappa shape index (κ3) is 2.44. The van der Waals surface area contributed by atoms with Gasteiger partial charge in [-0.25, -0.2) is 0 Å². The number of nitrogens with zero attached hydrogens (tertiary/aromatic N) is 2. The van der Waals surface area contributed by atoms with E-state index in [4.69, 9.17) is 11.6 Å². The van der Waals surface area contributed by atoms with E-state index in [0.29, 0.717) is 11.4 Å². The third-order valence-electron chi connectivity index (χ3n) is 3.06. The topological polar surface area (TPSA) is 34.9 Å². The lowest BCUT2D eigenvalue weighted by Crippen LogP contribution is -2.22. The van der Waals surface area contributed by atoms with Gasteiger partial charge in [0.2, 0.25) is 0 Å². The lowest BCUT2D eigenvalue weighted by atomic mass is 9.76. The Morgan fingerprint density at radius 2 is 2.18 bits per heavy atom. The Morgan fingerprint density at radius 1 is 1.47 bits per heavy atom. The van der Waals surface area contributed by atoms with E-state index in [9.17, 15) is 4.79 Å². The molecule has 0 amide bonds. The van der Waals surface area contributed by atoms with Crippen LogP contribution < -0.4 is 0 Å². The van der Waals surface area contributed by atoms with E-state index in [1.807, 2.05) is 11.6 Å². The van der Waals surface area contributed by atoms with Crippen LogP contribution in [0.25, 0.3) is 5.57 Å². The number of hydrogen-bond donors (Lipinski definition) is 0. The summed E-state index contributed by atoms with van der Waals surface area (Å²) in [6.45, 7) is 6.99. The van der Waals surface area contributed by atoms with Gasteiger partial charge in [-0.3, -0.25) is 9.48 Å². The number of allylic oxidation sites excluding steroid dienone is 2. The fourth-order valence-electron chi connectivity index (χ4n) is 2.42. The molecule has 0 radical (unpaired) electrons. The lowest BCUT2D eigenvalue weighted by Gasteiger charge is -2.29. The molecule has 0 N–H and O–H groups in total. The van der Waals surface area contributed by atoms with Crippen molar-refractivity contribution < 1.29 is 4.79 Å². The number of rotatable bonds is 2. The average molecular weight is 253 g/mol. The first kappa shape index (κ1) is 12.4. The van der Waals surface area contributed by atoms with Gasteiger partial charge in [0.15, 0.2) is 5.78 Å². The van der Waals surface area contributed by atoms with Gasteiger partial charge >= 0.3 is 0 Å². The maximum absolute atomic E-state index is 11.7. The number of aromatic nitrogens is 2. The number of hydrogen-bond acceptors (Lipinski definition) is 2. The van der Waals surface area contributed by atoms with Gasteiger partial charge in [-0.2, -0.15) is 5.10 Å². The molecular weight excluding hydrogens is 236 g/mol. The molecule has 0 unspecified atom stereocenters. The van der Waals surface area contributed by atoms with Crippen LogP contribution in [0.4, 0.5) is 0 Å². The van der Waals surface area contributed by atoms with Crippen molar-refractivity contribution in [2.75, 3.05) is 0 Å².